The van der Waals surface area contributed by atoms with E-state index in [2.05, 4.69) is 33.8 Å². The van der Waals surface area contributed by atoms with Crippen LogP contribution in [0.4, 0.5) is 13.2 Å². The summed E-state index contributed by atoms with van der Waals surface area (Å²) in [5, 5.41) is 0. The van der Waals surface area contributed by atoms with E-state index in [1.165, 1.54) is 71.1 Å². The first kappa shape index (κ1) is 24.6. The van der Waals surface area contributed by atoms with Crippen molar-refractivity contribution in [1.82, 2.24) is 0 Å². The summed E-state index contributed by atoms with van der Waals surface area (Å²) in [6, 6.07) is 0. The summed E-state index contributed by atoms with van der Waals surface area (Å²) in [5.74, 6) is 3.11. The van der Waals surface area contributed by atoms with Crippen LogP contribution in [0, 0.1) is 52.3 Å². The molecule has 4 aliphatic carbocycles. The highest BCUT2D eigenvalue weighted by Gasteiger charge is 2.58. The molecule has 0 aromatic heterocycles. The van der Waals surface area contributed by atoms with Crippen LogP contribution < -0.4 is 0 Å². The second kappa shape index (κ2) is 8.95. The lowest BCUT2D eigenvalue weighted by molar-refractivity contribution is -0.172. The van der Waals surface area contributed by atoms with Gasteiger partial charge in [-0.15, -0.1) is 0 Å². The van der Waals surface area contributed by atoms with E-state index in [1.54, 1.807) is 5.57 Å². The van der Waals surface area contributed by atoms with E-state index in [-0.39, 0.29) is 6.42 Å². The molecule has 184 valence electrons. The Hall–Kier alpha value is -0.470. The molecule has 3 saturated carbocycles. The summed E-state index contributed by atoms with van der Waals surface area (Å²) in [7, 11) is 0. The fourth-order valence-electron chi connectivity index (χ4n) is 9.19. The number of hydrogen-bond donors (Lipinski definition) is 0. The molecule has 0 radical (unpaired) electrons. The number of fused-ring (bicyclic) bond motifs is 5. The Kier molecular flexibility index (Phi) is 6.90. The molecule has 0 aliphatic heterocycles. The first-order valence-corrected chi connectivity index (χ1v) is 13.8. The Bertz CT molecular complexity index is 693. The first-order valence-electron chi connectivity index (χ1n) is 13.8. The molecule has 3 heteroatoms. The van der Waals surface area contributed by atoms with E-state index in [9.17, 15) is 13.2 Å². The maximum absolute atomic E-state index is 13.0. The number of hydrogen-bond acceptors (Lipinski definition) is 0. The van der Waals surface area contributed by atoms with Gasteiger partial charge in [0.05, 0.1) is 5.92 Å². The van der Waals surface area contributed by atoms with Crippen LogP contribution in [0.5, 0.6) is 0 Å². The van der Waals surface area contributed by atoms with E-state index < -0.39 is 12.1 Å². The Balaban J connectivity index is 1.48. The lowest BCUT2D eigenvalue weighted by Crippen LogP contribution is -2.49. The van der Waals surface area contributed by atoms with Gasteiger partial charge in [0.1, 0.15) is 0 Å². The Morgan fingerprint density at radius 3 is 2.44 bits per heavy atom. The normalized spacial score (nSPS) is 44.0. The molecule has 0 aromatic carbocycles. The minimum atomic E-state index is -4.04. The van der Waals surface area contributed by atoms with Crippen molar-refractivity contribution in [2.75, 3.05) is 0 Å². The van der Waals surface area contributed by atoms with Crippen molar-refractivity contribution in [2.24, 2.45) is 52.3 Å². The van der Waals surface area contributed by atoms with Crippen LogP contribution in [-0.4, -0.2) is 6.18 Å². The van der Waals surface area contributed by atoms with Crippen molar-refractivity contribution in [1.29, 1.82) is 0 Å². The summed E-state index contributed by atoms with van der Waals surface area (Å²) in [6.45, 7) is 11.1. The molecule has 0 bridgehead atoms. The average Bonchev–Trinajstić information content (AvgIpc) is 2.99. The van der Waals surface area contributed by atoms with Crippen LogP contribution in [0.15, 0.2) is 11.6 Å². The second-order valence-corrected chi connectivity index (χ2v) is 12.9. The minimum Gasteiger partial charge on any atom is -0.171 e. The van der Waals surface area contributed by atoms with Gasteiger partial charge >= 0.3 is 6.18 Å². The lowest BCUT2D eigenvalue weighted by atomic mass is 9.48. The lowest BCUT2D eigenvalue weighted by Gasteiger charge is -2.57. The molecular formula is C29H47F3. The molecule has 4 rings (SSSR count). The maximum atomic E-state index is 13.0. The van der Waals surface area contributed by atoms with Crippen molar-refractivity contribution >= 4 is 0 Å². The highest BCUT2D eigenvalue weighted by molar-refractivity contribution is 5.24. The standard InChI is InChI=1S/C29H47F3/c1-6-21-8-7-16-27(4)22(18-21)11-12-23-25-14-13-24(28(25,5)17-15-26(23)27)19(2)9-10-20(3)29(30,31)32/h11,19-21,23-26H,6-10,12-18H2,1-5H3/t19-,20?,21?,23?,24?,25?,26?,27?,28?/m1/s1. The van der Waals surface area contributed by atoms with Crippen LogP contribution in [0.2, 0.25) is 0 Å². The maximum Gasteiger partial charge on any atom is 0.391 e. The number of alkyl halides is 3. The Morgan fingerprint density at radius 1 is 1.00 bits per heavy atom. The van der Waals surface area contributed by atoms with Crippen molar-refractivity contribution in [3.05, 3.63) is 11.6 Å². The third-order valence-corrected chi connectivity index (χ3v) is 11.4. The summed E-state index contributed by atoms with van der Waals surface area (Å²) < 4.78 is 39.1. The molecule has 3 fully saturated rings. The predicted octanol–water partition coefficient (Wildman–Crippen LogP) is 9.60. The Labute approximate surface area is 195 Å². The number of allylic oxidation sites excluding steroid dienone is 2. The Morgan fingerprint density at radius 2 is 1.75 bits per heavy atom. The monoisotopic (exact) mass is 452 g/mol. The fourth-order valence-corrected chi connectivity index (χ4v) is 9.19. The fraction of sp³-hybridized carbons (Fsp3) is 0.931. The minimum absolute atomic E-state index is 0.288. The van der Waals surface area contributed by atoms with Gasteiger partial charge < -0.3 is 0 Å². The van der Waals surface area contributed by atoms with E-state index in [0.717, 1.165) is 30.1 Å². The molecule has 0 saturated heterocycles. The molecule has 9 atom stereocenters. The van der Waals surface area contributed by atoms with Gasteiger partial charge in [-0.05, 0) is 104 Å². The molecule has 0 nitrogen and oxygen atoms in total. The third kappa shape index (κ3) is 4.21. The van der Waals surface area contributed by atoms with E-state index in [4.69, 9.17) is 0 Å². The van der Waals surface area contributed by atoms with E-state index in [0.29, 0.717) is 22.7 Å². The van der Waals surface area contributed by atoms with Crippen molar-refractivity contribution in [3.8, 4) is 0 Å². The van der Waals surface area contributed by atoms with Crippen LogP contribution in [0.25, 0.3) is 0 Å². The molecule has 4 aliphatic rings. The van der Waals surface area contributed by atoms with Crippen molar-refractivity contribution < 1.29 is 13.2 Å². The quantitative estimate of drug-likeness (QED) is 0.364. The van der Waals surface area contributed by atoms with Crippen LogP contribution in [-0.2, 0) is 0 Å². The predicted molar refractivity (Wildman–Crippen MR) is 127 cm³/mol. The molecule has 0 heterocycles. The van der Waals surface area contributed by atoms with Crippen LogP contribution in [0.3, 0.4) is 0 Å². The SMILES string of the molecule is CCC1CCCC2(C)C(=CCC3C2CCC2(C)C3CCC2[C@H](C)CCC(C)C(F)(F)F)C1. The molecule has 8 unspecified atom stereocenters. The average molecular weight is 453 g/mol. The summed E-state index contributed by atoms with van der Waals surface area (Å²) >= 11 is 0. The van der Waals surface area contributed by atoms with E-state index >= 15 is 0 Å². The van der Waals surface area contributed by atoms with Crippen LogP contribution >= 0.6 is 0 Å². The molecular weight excluding hydrogens is 405 g/mol. The molecule has 0 aromatic rings. The highest BCUT2D eigenvalue weighted by atomic mass is 19.4. The van der Waals surface area contributed by atoms with Crippen molar-refractivity contribution in [2.45, 2.75) is 118 Å². The van der Waals surface area contributed by atoms with Gasteiger partial charge in [0.15, 0.2) is 0 Å². The zero-order valence-electron chi connectivity index (χ0n) is 21.2. The topological polar surface area (TPSA) is 0 Å². The summed E-state index contributed by atoms with van der Waals surface area (Å²) in [5.41, 5.74) is 2.52. The number of rotatable bonds is 5. The van der Waals surface area contributed by atoms with E-state index in [1.807, 2.05) is 0 Å². The molecule has 0 amide bonds. The highest BCUT2D eigenvalue weighted by Crippen LogP contribution is 2.67. The van der Waals surface area contributed by atoms with Crippen molar-refractivity contribution in [3.63, 3.8) is 0 Å². The zero-order valence-corrected chi connectivity index (χ0v) is 21.2. The summed E-state index contributed by atoms with van der Waals surface area (Å²) in [4.78, 5) is 0. The van der Waals surface area contributed by atoms with Gasteiger partial charge in [-0.2, -0.15) is 13.2 Å². The summed E-state index contributed by atoms with van der Waals surface area (Å²) in [6.07, 6.45) is 12.9. The largest absolute Gasteiger partial charge is 0.391 e. The zero-order chi connectivity index (χ0) is 23.3. The molecule has 32 heavy (non-hydrogen) atoms. The van der Waals surface area contributed by atoms with Gasteiger partial charge in [-0.25, -0.2) is 0 Å². The van der Waals surface area contributed by atoms with Gasteiger partial charge in [0.2, 0.25) is 0 Å². The van der Waals surface area contributed by atoms with Gasteiger partial charge in [-0.1, -0.05) is 65.5 Å². The number of halogens is 3. The molecule has 0 spiro atoms. The molecule has 0 N–H and O–H groups in total. The smallest absolute Gasteiger partial charge is 0.171 e. The third-order valence-electron chi connectivity index (χ3n) is 11.4. The van der Waals surface area contributed by atoms with Gasteiger partial charge in [0.25, 0.3) is 0 Å². The van der Waals surface area contributed by atoms with Crippen LogP contribution in [0.1, 0.15) is 112 Å². The van der Waals surface area contributed by atoms with Gasteiger partial charge in [-0.3, -0.25) is 0 Å². The van der Waals surface area contributed by atoms with Gasteiger partial charge in [0, 0.05) is 0 Å². The second-order valence-electron chi connectivity index (χ2n) is 12.9. The first-order chi connectivity index (χ1) is 15.0.